The highest BCUT2D eigenvalue weighted by atomic mass is 15.0. The molecular formula is C13H25N3. The van der Waals surface area contributed by atoms with Gasteiger partial charge in [0, 0.05) is 31.4 Å². The van der Waals surface area contributed by atoms with Crippen LogP contribution in [-0.2, 0) is 13.5 Å². The second-order valence-corrected chi connectivity index (χ2v) is 5.73. The molecule has 0 aliphatic carbocycles. The van der Waals surface area contributed by atoms with Crippen molar-refractivity contribution < 1.29 is 0 Å². The zero-order chi connectivity index (χ0) is 12.2. The summed E-state index contributed by atoms with van der Waals surface area (Å²) in [5.41, 5.74) is 0.225. The Kier molecular flexibility index (Phi) is 4.54. The molecule has 1 rings (SSSR count). The van der Waals surface area contributed by atoms with Crippen LogP contribution in [0, 0.1) is 5.92 Å². The fourth-order valence-corrected chi connectivity index (χ4v) is 1.70. The van der Waals surface area contributed by atoms with Gasteiger partial charge in [0.2, 0.25) is 0 Å². The summed E-state index contributed by atoms with van der Waals surface area (Å²) in [7, 11) is 2.06. The van der Waals surface area contributed by atoms with Gasteiger partial charge in [-0.05, 0) is 39.7 Å². The van der Waals surface area contributed by atoms with Crippen molar-refractivity contribution in [3.05, 3.63) is 18.2 Å². The average molecular weight is 223 g/mol. The molecule has 1 aromatic heterocycles. The molecular weight excluding hydrogens is 198 g/mol. The zero-order valence-corrected chi connectivity index (χ0v) is 11.2. The van der Waals surface area contributed by atoms with E-state index in [4.69, 9.17) is 0 Å². The molecule has 0 bridgehead atoms. The molecule has 3 heteroatoms. The second kappa shape index (κ2) is 5.48. The Morgan fingerprint density at radius 2 is 2.12 bits per heavy atom. The number of aryl methyl sites for hydroxylation is 1. The van der Waals surface area contributed by atoms with Crippen molar-refractivity contribution in [2.75, 3.05) is 6.54 Å². The lowest BCUT2D eigenvalue weighted by Gasteiger charge is -2.21. The van der Waals surface area contributed by atoms with Crippen LogP contribution in [0.4, 0.5) is 0 Å². The lowest BCUT2D eigenvalue weighted by atomic mass is 10.0. The molecule has 0 radical (unpaired) electrons. The molecule has 1 heterocycles. The van der Waals surface area contributed by atoms with Gasteiger partial charge in [0.15, 0.2) is 0 Å². The van der Waals surface area contributed by atoms with E-state index in [1.807, 2.05) is 12.4 Å². The smallest absolute Gasteiger partial charge is 0.108 e. The van der Waals surface area contributed by atoms with Crippen LogP contribution in [0.2, 0.25) is 0 Å². The van der Waals surface area contributed by atoms with Crippen LogP contribution in [0.3, 0.4) is 0 Å². The van der Waals surface area contributed by atoms with Gasteiger partial charge in [-0.25, -0.2) is 4.98 Å². The fraction of sp³-hybridized carbons (Fsp3) is 0.769. The topological polar surface area (TPSA) is 29.9 Å². The van der Waals surface area contributed by atoms with E-state index < -0.39 is 0 Å². The summed E-state index contributed by atoms with van der Waals surface area (Å²) in [5, 5.41) is 3.52. The molecule has 3 nitrogen and oxygen atoms in total. The number of rotatable bonds is 5. The van der Waals surface area contributed by atoms with Crippen molar-refractivity contribution in [3.8, 4) is 0 Å². The molecule has 1 aromatic rings. The molecule has 0 amide bonds. The molecule has 1 N–H and O–H groups in total. The van der Waals surface area contributed by atoms with Crippen molar-refractivity contribution in [2.45, 2.75) is 46.1 Å². The first-order chi connectivity index (χ1) is 7.38. The van der Waals surface area contributed by atoms with Crippen molar-refractivity contribution in [1.29, 1.82) is 0 Å². The molecule has 1 unspecified atom stereocenters. The second-order valence-electron chi connectivity index (χ2n) is 5.73. The first-order valence-electron chi connectivity index (χ1n) is 6.10. The van der Waals surface area contributed by atoms with Gasteiger partial charge in [-0.15, -0.1) is 0 Å². The van der Waals surface area contributed by atoms with Crippen LogP contribution in [0.5, 0.6) is 0 Å². The average Bonchev–Trinajstić information content (AvgIpc) is 2.49. The summed E-state index contributed by atoms with van der Waals surface area (Å²) >= 11 is 0. The van der Waals surface area contributed by atoms with Crippen LogP contribution in [0.15, 0.2) is 12.4 Å². The van der Waals surface area contributed by atoms with Crippen molar-refractivity contribution >= 4 is 0 Å². The van der Waals surface area contributed by atoms with E-state index in [0.29, 0.717) is 5.92 Å². The lowest BCUT2D eigenvalue weighted by molar-refractivity contribution is 0.391. The first-order valence-corrected chi connectivity index (χ1v) is 6.10. The SMILES string of the molecule is CC(CCNC(C)(C)C)Cc1nccn1C. The van der Waals surface area contributed by atoms with E-state index in [1.165, 1.54) is 12.2 Å². The predicted molar refractivity (Wildman–Crippen MR) is 68.4 cm³/mol. The molecule has 1 atom stereocenters. The third-order valence-electron chi connectivity index (χ3n) is 2.74. The van der Waals surface area contributed by atoms with E-state index in [0.717, 1.165) is 13.0 Å². The number of aromatic nitrogens is 2. The molecule has 0 aliphatic heterocycles. The van der Waals surface area contributed by atoms with Crippen molar-refractivity contribution in [3.63, 3.8) is 0 Å². The Labute approximate surface area is 99.3 Å². The molecule has 0 spiro atoms. The quantitative estimate of drug-likeness (QED) is 0.830. The Hall–Kier alpha value is -0.830. The van der Waals surface area contributed by atoms with Crippen LogP contribution in [0.1, 0.15) is 39.9 Å². The summed E-state index contributed by atoms with van der Waals surface area (Å²) in [5.74, 6) is 1.86. The first kappa shape index (κ1) is 13.2. The minimum atomic E-state index is 0.225. The van der Waals surface area contributed by atoms with Gasteiger partial charge in [0.05, 0.1) is 0 Å². The normalized spacial score (nSPS) is 14.1. The van der Waals surface area contributed by atoms with Gasteiger partial charge >= 0.3 is 0 Å². The molecule has 0 aliphatic rings. The number of nitrogens with zero attached hydrogens (tertiary/aromatic N) is 2. The Bertz CT molecular complexity index is 309. The Morgan fingerprint density at radius 1 is 1.44 bits per heavy atom. The highest BCUT2D eigenvalue weighted by molar-refractivity contribution is 4.92. The summed E-state index contributed by atoms with van der Waals surface area (Å²) < 4.78 is 2.10. The summed E-state index contributed by atoms with van der Waals surface area (Å²) in [4.78, 5) is 4.36. The molecule has 0 aromatic carbocycles. The van der Waals surface area contributed by atoms with Crippen LogP contribution < -0.4 is 5.32 Å². The van der Waals surface area contributed by atoms with Gasteiger partial charge in [-0.3, -0.25) is 0 Å². The van der Waals surface area contributed by atoms with Gasteiger partial charge in [-0.1, -0.05) is 6.92 Å². The number of imidazole rings is 1. The van der Waals surface area contributed by atoms with Crippen LogP contribution in [0.25, 0.3) is 0 Å². The number of nitrogens with one attached hydrogen (secondary N) is 1. The van der Waals surface area contributed by atoms with Gasteiger partial charge in [0.25, 0.3) is 0 Å². The van der Waals surface area contributed by atoms with Crippen molar-refractivity contribution in [1.82, 2.24) is 14.9 Å². The van der Waals surface area contributed by atoms with E-state index in [2.05, 4.69) is 49.6 Å². The summed E-state index contributed by atoms with van der Waals surface area (Å²) in [6, 6.07) is 0. The summed E-state index contributed by atoms with van der Waals surface area (Å²) in [6.07, 6.45) is 6.14. The monoisotopic (exact) mass is 223 g/mol. The van der Waals surface area contributed by atoms with Crippen LogP contribution >= 0.6 is 0 Å². The van der Waals surface area contributed by atoms with Crippen LogP contribution in [-0.4, -0.2) is 21.6 Å². The van der Waals surface area contributed by atoms with E-state index in [1.54, 1.807) is 0 Å². The highest BCUT2D eigenvalue weighted by Gasteiger charge is 2.11. The standard InChI is InChI=1S/C13H25N3/c1-11(6-7-15-13(2,3)4)10-12-14-8-9-16(12)5/h8-9,11,15H,6-7,10H2,1-5H3. The third-order valence-corrected chi connectivity index (χ3v) is 2.74. The number of hydrogen-bond acceptors (Lipinski definition) is 2. The summed E-state index contributed by atoms with van der Waals surface area (Å²) in [6.45, 7) is 9.98. The minimum Gasteiger partial charge on any atom is -0.338 e. The Balaban J connectivity index is 2.26. The molecule has 16 heavy (non-hydrogen) atoms. The Morgan fingerprint density at radius 3 is 2.62 bits per heavy atom. The van der Waals surface area contributed by atoms with Gasteiger partial charge < -0.3 is 9.88 Å². The lowest BCUT2D eigenvalue weighted by Crippen LogP contribution is -2.37. The molecule has 0 fully saturated rings. The zero-order valence-electron chi connectivity index (χ0n) is 11.2. The fourth-order valence-electron chi connectivity index (χ4n) is 1.70. The maximum atomic E-state index is 4.36. The van der Waals surface area contributed by atoms with Crippen molar-refractivity contribution in [2.24, 2.45) is 13.0 Å². The number of hydrogen-bond donors (Lipinski definition) is 1. The van der Waals surface area contributed by atoms with Gasteiger partial charge in [-0.2, -0.15) is 0 Å². The molecule has 0 saturated carbocycles. The van der Waals surface area contributed by atoms with E-state index in [-0.39, 0.29) is 5.54 Å². The molecule has 0 saturated heterocycles. The highest BCUT2D eigenvalue weighted by Crippen LogP contribution is 2.10. The third kappa shape index (κ3) is 4.79. The molecule has 92 valence electrons. The largest absolute Gasteiger partial charge is 0.338 e. The van der Waals surface area contributed by atoms with E-state index >= 15 is 0 Å². The maximum Gasteiger partial charge on any atom is 0.108 e. The maximum absolute atomic E-state index is 4.36. The minimum absolute atomic E-state index is 0.225. The van der Waals surface area contributed by atoms with E-state index in [9.17, 15) is 0 Å². The predicted octanol–water partition coefficient (Wildman–Crippen LogP) is 2.38. The van der Waals surface area contributed by atoms with Gasteiger partial charge in [0.1, 0.15) is 5.82 Å².